The minimum atomic E-state index is -1.46. The highest BCUT2D eigenvalue weighted by molar-refractivity contribution is 8.00. The lowest BCUT2D eigenvalue weighted by Gasteiger charge is -2.50. The van der Waals surface area contributed by atoms with Crippen LogP contribution in [0.5, 0.6) is 0 Å². The number of nitrogens with two attached hydrogens (primary N) is 1. The summed E-state index contributed by atoms with van der Waals surface area (Å²) in [6.45, 7) is 3.82. The van der Waals surface area contributed by atoms with Gasteiger partial charge in [-0.05, 0) is 51.1 Å². The first-order chi connectivity index (χ1) is 20.2. The topological polar surface area (TPSA) is 188 Å². The number of imidazole rings is 1. The van der Waals surface area contributed by atoms with Crippen LogP contribution in [0.15, 0.2) is 41.1 Å². The number of oxime groups is 1. The summed E-state index contributed by atoms with van der Waals surface area (Å²) in [5.74, 6) is -2.51. The van der Waals surface area contributed by atoms with E-state index in [1.54, 1.807) is 13.3 Å². The maximum absolute atomic E-state index is 13.2. The van der Waals surface area contributed by atoms with Crippen molar-refractivity contribution in [3.05, 3.63) is 41.8 Å². The van der Waals surface area contributed by atoms with Gasteiger partial charge in [-0.3, -0.25) is 14.5 Å². The molecular formula is C25H30N10O5S2. The molecule has 3 N–H and O–H groups in total. The lowest BCUT2D eigenvalue weighted by atomic mass is 10.0. The summed E-state index contributed by atoms with van der Waals surface area (Å²) in [6, 6.07) is 2.87. The van der Waals surface area contributed by atoms with Crippen LogP contribution in [-0.4, -0.2) is 96.6 Å². The van der Waals surface area contributed by atoms with Crippen molar-refractivity contribution in [2.75, 3.05) is 38.7 Å². The van der Waals surface area contributed by atoms with Crippen LogP contribution in [-0.2, 0) is 32.3 Å². The lowest BCUT2D eigenvalue weighted by molar-refractivity contribution is -0.664. The molecule has 2 unspecified atom stereocenters. The number of carboxylic acid groups (broad SMARTS) is 1. The fourth-order valence-corrected chi connectivity index (χ4v) is 6.57. The number of carbonyl (C=O) groups is 3. The number of aromatic nitrogens is 5. The Kier molecular flexibility index (Phi) is 8.69. The van der Waals surface area contributed by atoms with E-state index in [2.05, 4.69) is 34.3 Å². The van der Waals surface area contributed by atoms with E-state index in [4.69, 9.17) is 10.6 Å². The summed E-state index contributed by atoms with van der Waals surface area (Å²) in [7, 11) is 4.05. The third kappa shape index (κ3) is 5.79. The fourth-order valence-electron chi connectivity index (χ4n) is 4.80. The number of nitrogens with one attached hydrogen (secondary N) is 1. The highest BCUT2D eigenvalue weighted by Gasteiger charge is 2.53. The summed E-state index contributed by atoms with van der Waals surface area (Å²) in [4.78, 5) is 55.5. The molecule has 5 heterocycles. The van der Waals surface area contributed by atoms with Crippen LogP contribution in [0.3, 0.4) is 0 Å². The van der Waals surface area contributed by atoms with Crippen molar-refractivity contribution >= 4 is 63.1 Å². The number of aliphatic carboxylic acids is 1. The van der Waals surface area contributed by atoms with E-state index in [0.29, 0.717) is 17.0 Å². The molecule has 0 saturated carbocycles. The van der Waals surface area contributed by atoms with Crippen LogP contribution in [0.1, 0.15) is 19.2 Å². The van der Waals surface area contributed by atoms with Gasteiger partial charge in [0.05, 0.1) is 17.9 Å². The Balaban J connectivity index is 1.34. The SMILES string of the molecule is CCO/N=C(\C(=O)NC1C(=O)N2C(C(=O)[O-])=C(C[n+]3cccc4c3ncn4CCCN(C)C)CSC12)c1nsc(N)n1. The van der Waals surface area contributed by atoms with E-state index in [0.717, 1.165) is 36.6 Å². The minimum absolute atomic E-state index is 0.0349. The Morgan fingerprint density at radius 1 is 1.38 bits per heavy atom. The van der Waals surface area contributed by atoms with E-state index >= 15 is 0 Å². The number of carbonyl (C=O) groups excluding carboxylic acids is 3. The number of anilines is 1. The molecule has 42 heavy (non-hydrogen) atoms. The van der Waals surface area contributed by atoms with E-state index < -0.39 is 29.2 Å². The van der Waals surface area contributed by atoms with Gasteiger partial charge in [0.25, 0.3) is 11.8 Å². The number of carboxylic acids is 1. The molecule has 3 aromatic heterocycles. The number of fused-ring (bicyclic) bond motifs is 2. The summed E-state index contributed by atoms with van der Waals surface area (Å²) in [6.07, 6.45) is 4.56. The smallest absolute Gasteiger partial charge is 0.349 e. The second kappa shape index (κ2) is 12.4. The molecule has 0 spiro atoms. The lowest BCUT2D eigenvalue weighted by Crippen LogP contribution is -2.71. The van der Waals surface area contributed by atoms with E-state index in [1.165, 1.54) is 16.7 Å². The van der Waals surface area contributed by atoms with Gasteiger partial charge in [-0.2, -0.15) is 9.36 Å². The molecular weight excluding hydrogens is 584 g/mol. The number of aryl methyl sites for hydroxylation is 1. The van der Waals surface area contributed by atoms with Crippen LogP contribution in [0.2, 0.25) is 0 Å². The largest absolute Gasteiger partial charge is 0.543 e. The number of β-lactam (4-membered cyclic amide) rings is 1. The van der Waals surface area contributed by atoms with Gasteiger partial charge in [0, 0.05) is 29.4 Å². The molecule has 3 aromatic rings. The summed E-state index contributed by atoms with van der Waals surface area (Å²) in [5, 5.41) is 18.2. The maximum atomic E-state index is 13.2. The number of nitrogen functional groups attached to an aromatic ring is 1. The van der Waals surface area contributed by atoms with Crippen molar-refractivity contribution in [3.8, 4) is 0 Å². The van der Waals surface area contributed by atoms with Gasteiger partial charge in [-0.15, -0.1) is 11.8 Å². The van der Waals surface area contributed by atoms with Crippen LogP contribution in [0.25, 0.3) is 11.2 Å². The van der Waals surface area contributed by atoms with Crippen molar-refractivity contribution < 1.29 is 28.9 Å². The number of thioether (sulfide) groups is 1. The quantitative estimate of drug-likeness (QED) is 0.105. The number of amides is 2. The molecule has 2 aliphatic rings. The zero-order chi connectivity index (χ0) is 30.0. The molecule has 0 aliphatic carbocycles. The molecule has 17 heteroatoms. The van der Waals surface area contributed by atoms with Crippen LogP contribution in [0, 0.1) is 0 Å². The third-order valence-corrected chi connectivity index (χ3v) is 8.58. The average Bonchev–Trinajstić information content (AvgIpc) is 3.58. The molecule has 1 saturated heterocycles. The van der Waals surface area contributed by atoms with Gasteiger partial charge >= 0.3 is 5.65 Å². The van der Waals surface area contributed by atoms with Crippen molar-refractivity contribution in [2.45, 2.75) is 37.8 Å². The normalized spacial score (nSPS) is 18.8. The summed E-state index contributed by atoms with van der Waals surface area (Å²) in [5.41, 5.74) is 7.36. The Bertz CT molecular complexity index is 1580. The molecule has 15 nitrogen and oxygen atoms in total. The maximum Gasteiger partial charge on any atom is 0.349 e. The molecule has 0 aromatic carbocycles. The highest BCUT2D eigenvalue weighted by Crippen LogP contribution is 2.40. The predicted octanol–water partition coefficient (Wildman–Crippen LogP) is -1.45. The monoisotopic (exact) mass is 614 g/mol. The first-order valence-corrected chi connectivity index (χ1v) is 15.0. The van der Waals surface area contributed by atoms with Gasteiger partial charge in [-0.1, -0.05) is 5.16 Å². The molecule has 2 amide bonds. The van der Waals surface area contributed by atoms with Crippen LogP contribution >= 0.6 is 23.3 Å². The number of nitrogens with zero attached hydrogens (tertiary/aromatic N) is 8. The molecule has 2 atom stereocenters. The van der Waals surface area contributed by atoms with E-state index in [-0.39, 0.29) is 35.5 Å². The highest BCUT2D eigenvalue weighted by atomic mass is 32.2. The van der Waals surface area contributed by atoms with E-state index in [9.17, 15) is 19.5 Å². The molecule has 1 fully saturated rings. The first kappa shape index (κ1) is 29.4. The molecule has 0 bridgehead atoms. The minimum Gasteiger partial charge on any atom is -0.543 e. The Hall–Kier alpha value is -4.09. The number of rotatable bonds is 12. The number of pyridine rings is 1. The van der Waals surface area contributed by atoms with E-state index in [1.807, 2.05) is 37.0 Å². The average molecular weight is 615 g/mol. The van der Waals surface area contributed by atoms with Crippen molar-refractivity contribution in [1.82, 2.24) is 34.0 Å². The van der Waals surface area contributed by atoms with Gasteiger partial charge < -0.3 is 35.3 Å². The zero-order valence-corrected chi connectivity index (χ0v) is 24.9. The molecule has 5 rings (SSSR count). The Morgan fingerprint density at radius 2 is 2.19 bits per heavy atom. The first-order valence-electron chi connectivity index (χ1n) is 13.2. The fraction of sp³-hybridized carbons (Fsp3) is 0.440. The van der Waals surface area contributed by atoms with Crippen molar-refractivity contribution in [3.63, 3.8) is 0 Å². The summed E-state index contributed by atoms with van der Waals surface area (Å²) >= 11 is 2.23. The third-order valence-electron chi connectivity index (χ3n) is 6.70. The number of hydrogen-bond acceptors (Lipinski definition) is 13. The Labute approximate surface area is 249 Å². The number of hydrogen-bond donors (Lipinski definition) is 2. The van der Waals surface area contributed by atoms with Gasteiger partial charge in [0.2, 0.25) is 17.9 Å². The summed E-state index contributed by atoms with van der Waals surface area (Å²) < 4.78 is 7.93. The molecule has 2 aliphatic heterocycles. The van der Waals surface area contributed by atoms with Crippen LogP contribution < -0.4 is 20.7 Å². The standard InChI is InChI=1S/C25H30N10O5S2/c1-4-40-30-16(19-29-25(26)42-31-19)21(36)28-17-22(37)35-18(24(38)39)14(12-41-23(17)35)11-33-9-5-7-15-20(33)27-13-34(15)10-6-8-32(2)3/h5,7,9,13,17,23H,4,6,8,10-12H2,1-3H3,(H3-,26,28,29,31,36,38,39)/b30-16-. The van der Waals surface area contributed by atoms with Crippen molar-refractivity contribution in [2.24, 2.45) is 5.16 Å². The van der Waals surface area contributed by atoms with Gasteiger partial charge in [0.1, 0.15) is 30.1 Å². The van der Waals surface area contributed by atoms with Crippen LogP contribution in [0.4, 0.5) is 5.13 Å². The second-order valence-corrected chi connectivity index (χ2v) is 11.7. The van der Waals surface area contributed by atoms with Crippen molar-refractivity contribution in [1.29, 1.82) is 0 Å². The Morgan fingerprint density at radius 3 is 2.88 bits per heavy atom. The van der Waals surface area contributed by atoms with Gasteiger partial charge in [0.15, 0.2) is 5.13 Å². The molecule has 0 radical (unpaired) electrons. The second-order valence-electron chi connectivity index (χ2n) is 9.85. The predicted molar refractivity (Wildman–Crippen MR) is 153 cm³/mol. The molecule has 222 valence electrons. The van der Waals surface area contributed by atoms with Gasteiger partial charge in [-0.25, -0.2) is 4.57 Å². The zero-order valence-electron chi connectivity index (χ0n) is 23.2.